The fourth-order valence-electron chi connectivity index (χ4n) is 4.58. The molecule has 0 unspecified atom stereocenters. The van der Waals surface area contributed by atoms with Gasteiger partial charge in [0.05, 0.1) is 12.2 Å². The summed E-state index contributed by atoms with van der Waals surface area (Å²) in [6.45, 7) is 3.80. The van der Waals surface area contributed by atoms with Crippen molar-refractivity contribution in [3.63, 3.8) is 0 Å². The topological polar surface area (TPSA) is 12.5 Å². The third-order valence-electron chi connectivity index (χ3n) is 6.73. The highest BCUT2D eigenvalue weighted by Gasteiger charge is 2.35. The van der Waals surface area contributed by atoms with Gasteiger partial charge in [0.1, 0.15) is 5.82 Å². The first-order valence-electron chi connectivity index (χ1n) is 11.9. The minimum absolute atomic E-state index is 0.166. The van der Waals surface area contributed by atoms with Crippen LogP contribution in [0.15, 0.2) is 89.1 Å². The smallest absolute Gasteiger partial charge is 0.123 e. The van der Waals surface area contributed by atoms with Gasteiger partial charge in [0.15, 0.2) is 0 Å². The fraction of sp³-hybridized carbons (Fsp3) is 0.310. The van der Waals surface area contributed by atoms with E-state index < -0.39 is 0 Å². The average molecular weight is 492 g/mol. The lowest BCUT2D eigenvalue weighted by molar-refractivity contribution is -0.0767. The Morgan fingerprint density at radius 1 is 0.912 bits per heavy atom. The SMILES string of the molecule is Fc1ccc(SCC2(OCc3ccccc3)CCN(CCc3csc4ccccc34)CC2)cc1. The number of likely N-dealkylation sites (tertiary alicyclic amines) is 1. The number of ether oxygens (including phenoxy) is 1. The Morgan fingerprint density at radius 3 is 2.44 bits per heavy atom. The van der Waals surface area contributed by atoms with Gasteiger partial charge in [-0.15, -0.1) is 23.1 Å². The van der Waals surface area contributed by atoms with Gasteiger partial charge in [-0.3, -0.25) is 0 Å². The lowest BCUT2D eigenvalue weighted by Crippen LogP contribution is -2.48. The van der Waals surface area contributed by atoms with Gasteiger partial charge < -0.3 is 9.64 Å². The molecule has 176 valence electrons. The first-order chi connectivity index (χ1) is 16.7. The van der Waals surface area contributed by atoms with E-state index in [4.69, 9.17) is 4.74 Å². The Morgan fingerprint density at radius 2 is 1.65 bits per heavy atom. The molecule has 0 spiro atoms. The third kappa shape index (κ3) is 5.89. The van der Waals surface area contributed by atoms with E-state index in [0.717, 1.165) is 49.5 Å². The molecule has 1 fully saturated rings. The lowest BCUT2D eigenvalue weighted by Gasteiger charge is -2.41. The van der Waals surface area contributed by atoms with Crippen LogP contribution in [-0.4, -0.2) is 35.9 Å². The van der Waals surface area contributed by atoms with Crippen LogP contribution in [0.1, 0.15) is 24.0 Å². The highest BCUT2D eigenvalue weighted by molar-refractivity contribution is 7.99. The first-order valence-corrected chi connectivity index (χ1v) is 13.8. The zero-order valence-corrected chi connectivity index (χ0v) is 20.9. The second kappa shape index (κ2) is 11.0. The van der Waals surface area contributed by atoms with Crippen LogP contribution in [0, 0.1) is 5.82 Å². The minimum Gasteiger partial charge on any atom is -0.369 e. The van der Waals surface area contributed by atoms with Crippen LogP contribution in [0.4, 0.5) is 4.39 Å². The monoisotopic (exact) mass is 491 g/mol. The molecule has 1 aromatic heterocycles. The van der Waals surface area contributed by atoms with E-state index in [0.29, 0.717) is 6.61 Å². The molecule has 1 aliphatic heterocycles. The molecule has 2 heterocycles. The number of thiophene rings is 1. The van der Waals surface area contributed by atoms with Crippen LogP contribution < -0.4 is 0 Å². The number of halogens is 1. The highest BCUT2D eigenvalue weighted by atomic mass is 32.2. The average Bonchev–Trinajstić information content (AvgIpc) is 3.31. The number of benzene rings is 3. The summed E-state index contributed by atoms with van der Waals surface area (Å²) < 4.78 is 21.3. The quantitative estimate of drug-likeness (QED) is 0.226. The van der Waals surface area contributed by atoms with E-state index in [1.54, 1.807) is 11.8 Å². The predicted molar refractivity (Wildman–Crippen MR) is 142 cm³/mol. The lowest BCUT2D eigenvalue weighted by atomic mass is 9.92. The molecule has 4 aromatic rings. The molecule has 34 heavy (non-hydrogen) atoms. The summed E-state index contributed by atoms with van der Waals surface area (Å²) in [4.78, 5) is 3.68. The van der Waals surface area contributed by atoms with E-state index in [1.165, 1.54) is 33.3 Å². The van der Waals surface area contributed by atoms with Gasteiger partial charge in [0.25, 0.3) is 0 Å². The van der Waals surface area contributed by atoms with Gasteiger partial charge in [-0.05, 0) is 71.5 Å². The summed E-state index contributed by atoms with van der Waals surface area (Å²) in [6, 6.07) is 25.9. The molecule has 2 nitrogen and oxygen atoms in total. The molecule has 0 aliphatic carbocycles. The fourth-order valence-corrected chi connectivity index (χ4v) is 6.70. The van der Waals surface area contributed by atoms with E-state index >= 15 is 0 Å². The zero-order valence-electron chi connectivity index (χ0n) is 19.3. The summed E-state index contributed by atoms with van der Waals surface area (Å²) in [5, 5.41) is 3.72. The Labute approximate surface area is 209 Å². The molecule has 1 aliphatic rings. The molecule has 0 saturated carbocycles. The van der Waals surface area contributed by atoms with Gasteiger partial charge in [-0.25, -0.2) is 4.39 Å². The zero-order chi connectivity index (χ0) is 23.2. The largest absolute Gasteiger partial charge is 0.369 e. The molecule has 0 atom stereocenters. The van der Waals surface area contributed by atoms with Gasteiger partial charge in [-0.1, -0.05) is 48.5 Å². The van der Waals surface area contributed by atoms with Crippen LogP contribution in [-0.2, 0) is 17.8 Å². The van der Waals surface area contributed by atoms with Crippen molar-refractivity contribution in [2.45, 2.75) is 36.4 Å². The molecule has 0 radical (unpaired) electrons. The summed E-state index contributed by atoms with van der Waals surface area (Å²) in [5.74, 6) is 0.695. The van der Waals surface area contributed by atoms with Crippen molar-refractivity contribution < 1.29 is 9.13 Å². The second-order valence-corrected chi connectivity index (χ2v) is 11.0. The van der Waals surface area contributed by atoms with Crippen molar-refractivity contribution in [3.05, 3.63) is 101 Å². The maximum absolute atomic E-state index is 13.3. The second-order valence-electron chi connectivity index (χ2n) is 9.05. The van der Waals surface area contributed by atoms with Gasteiger partial charge in [-0.2, -0.15) is 0 Å². The molecule has 0 amide bonds. The minimum atomic E-state index is -0.189. The van der Waals surface area contributed by atoms with Crippen molar-refractivity contribution in [2.75, 3.05) is 25.4 Å². The number of rotatable bonds is 9. The normalized spacial score (nSPS) is 16.1. The summed E-state index contributed by atoms with van der Waals surface area (Å²) in [6.07, 6.45) is 3.11. The molecular weight excluding hydrogens is 461 g/mol. The summed E-state index contributed by atoms with van der Waals surface area (Å²) >= 11 is 3.62. The predicted octanol–water partition coefficient (Wildman–Crippen LogP) is 7.43. The van der Waals surface area contributed by atoms with Crippen molar-refractivity contribution in [2.24, 2.45) is 0 Å². The van der Waals surface area contributed by atoms with Crippen LogP contribution in [0.3, 0.4) is 0 Å². The Balaban J connectivity index is 1.21. The number of hydrogen-bond donors (Lipinski definition) is 0. The van der Waals surface area contributed by atoms with Crippen LogP contribution in [0.5, 0.6) is 0 Å². The Kier molecular flexibility index (Phi) is 7.65. The number of hydrogen-bond acceptors (Lipinski definition) is 4. The molecule has 1 saturated heterocycles. The molecule has 0 N–H and O–H groups in total. The van der Waals surface area contributed by atoms with Gasteiger partial charge in [0.2, 0.25) is 0 Å². The molecule has 5 heteroatoms. The third-order valence-corrected chi connectivity index (χ3v) is 9.02. The number of nitrogens with zero attached hydrogens (tertiary/aromatic N) is 1. The van der Waals surface area contributed by atoms with Crippen LogP contribution >= 0.6 is 23.1 Å². The number of fused-ring (bicyclic) bond motifs is 1. The number of thioether (sulfide) groups is 1. The number of piperidine rings is 1. The van der Waals surface area contributed by atoms with E-state index in [1.807, 2.05) is 29.5 Å². The van der Waals surface area contributed by atoms with E-state index in [-0.39, 0.29) is 11.4 Å². The summed E-state index contributed by atoms with van der Waals surface area (Å²) in [7, 11) is 0. The standard InChI is InChI=1S/C29H30FNOS2/c30-25-10-12-26(13-11-25)34-22-29(32-20-23-6-2-1-3-7-23)15-18-31(19-16-29)17-14-24-21-33-28-9-5-4-8-27(24)28/h1-13,21H,14-20,22H2. The molecular formula is C29H30FNOS2. The van der Waals surface area contributed by atoms with Crippen molar-refractivity contribution in [1.82, 2.24) is 4.90 Å². The van der Waals surface area contributed by atoms with Gasteiger partial charge >= 0.3 is 0 Å². The first kappa shape index (κ1) is 23.6. The Bertz CT molecular complexity index is 1180. The van der Waals surface area contributed by atoms with Crippen molar-refractivity contribution in [3.8, 4) is 0 Å². The highest BCUT2D eigenvalue weighted by Crippen LogP contribution is 2.34. The van der Waals surface area contributed by atoms with Crippen LogP contribution in [0.25, 0.3) is 10.1 Å². The van der Waals surface area contributed by atoms with Crippen molar-refractivity contribution >= 4 is 33.2 Å². The molecule has 0 bridgehead atoms. The maximum atomic E-state index is 13.3. The van der Waals surface area contributed by atoms with Crippen molar-refractivity contribution in [1.29, 1.82) is 0 Å². The Hall–Kier alpha value is -2.18. The summed E-state index contributed by atoms with van der Waals surface area (Å²) in [5.41, 5.74) is 2.51. The van der Waals surface area contributed by atoms with E-state index in [2.05, 4.69) is 58.8 Å². The molecule has 5 rings (SSSR count). The van der Waals surface area contributed by atoms with Gasteiger partial charge in [0, 0.05) is 35.0 Å². The maximum Gasteiger partial charge on any atom is 0.123 e. The molecule has 3 aromatic carbocycles. The van der Waals surface area contributed by atoms with E-state index in [9.17, 15) is 4.39 Å². The van der Waals surface area contributed by atoms with Crippen LogP contribution in [0.2, 0.25) is 0 Å².